The van der Waals surface area contributed by atoms with Gasteiger partial charge in [0.05, 0.1) is 10.5 Å². The first-order valence-electron chi connectivity index (χ1n) is 6.31. The van der Waals surface area contributed by atoms with Crippen LogP contribution in [0.5, 0.6) is 0 Å². The summed E-state index contributed by atoms with van der Waals surface area (Å²) in [5.41, 5.74) is 1.21. The molecule has 1 aliphatic rings. The second-order valence-corrected chi connectivity index (χ2v) is 5.21. The summed E-state index contributed by atoms with van der Waals surface area (Å²) in [6.07, 6.45) is 2.98. The summed E-state index contributed by atoms with van der Waals surface area (Å²) in [7, 11) is 0. The van der Waals surface area contributed by atoms with E-state index < -0.39 is 17.8 Å². The van der Waals surface area contributed by atoms with Gasteiger partial charge in [-0.05, 0) is 25.0 Å². The van der Waals surface area contributed by atoms with Crippen LogP contribution in [-0.2, 0) is 4.79 Å². The number of carboxylic acids is 1. The van der Waals surface area contributed by atoms with Crippen molar-refractivity contribution in [3.05, 3.63) is 35.2 Å². The van der Waals surface area contributed by atoms with Gasteiger partial charge in [0.25, 0.3) is 0 Å². The first-order valence-corrected chi connectivity index (χ1v) is 6.69. The molecule has 2 aromatic rings. The van der Waals surface area contributed by atoms with Crippen LogP contribution in [0.15, 0.2) is 24.4 Å². The van der Waals surface area contributed by atoms with Gasteiger partial charge in [-0.3, -0.25) is 4.98 Å². The average molecular weight is 295 g/mol. The second-order valence-electron chi connectivity index (χ2n) is 4.80. The largest absolute Gasteiger partial charge is 0.480 e. The first kappa shape index (κ1) is 13.1. The number of halogens is 2. The summed E-state index contributed by atoms with van der Waals surface area (Å²) in [5.74, 6) is -1.37. The normalized spacial score (nSPS) is 18.7. The van der Waals surface area contributed by atoms with Gasteiger partial charge in [-0.1, -0.05) is 11.6 Å². The van der Waals surface area contributed by atoms with Gasteiger partial charge in [-0.25, -0.2) is 9.18 Å². The van der Waals surface area contributed by atoms with Gasteiger partial charge in [0.2, 0.25) is 0 Å². The van der Waals surface area contributed by atoms with Crippen molar-refractivity contribution >= 4 is 34.2 Å². The fraction of sp³-hybridized carbons (Fsp3) is 0.286. The van der Waals surface area contributed by atoms with E-state index in [2.05, 4.69) is 4.98 Å². The molecule has 0 radical (unpaired) electrons. The summed E-state index contributed by atoms with van der Waals surface area (Å²) >= 11 is 5.83. The number of pyridine rings is 1. The predicted molar refractivity (Wildman–Crippen MR) is 74.7 cm³/mol. The lowest BCUT2D eigenvalue weighted by Gasteiger charge is -2.25. The van der Waals surface area contributed by atoms with Crippen molar-refractivity contribution in [1.82, 2.24) is 4.98 Å². The molecule has 2 heterocycles. The Morgan fingerprint density at radius 1 is 1.50 bits per heavy atom. The maximum Gasteiger partial charge on any atom is 0.326 e. The fourth-order valence-corrected chi connectivity index (χ4v) is 2.85. The van der Waals surface area contributed by atoms with Crippen LogP contribution in [0.1, 0.15) is 12.8 Å². The van der Waals surface area contributed by atoms with E-state index in [9.17, 15) is 14.3 Å². The Morgan fingerprint density at radius 3 is 3.05 bits per heavy atom. The van der Waals surface area contributed by atoms with E-state index in [4.69, 9.17) is 11.6 Å². The minimum atomic E-state index is -0.847. The molecule has 1 aromatic heterocycles. The molecule has 6 heteroatoms. The minimum absolute atomic E-state index is 0.0119. The van der Waals surface area contributed by atoms with Gasteiger partial charge in [0, 0.05) is 29.9 Å². The number of hydrogen-bond acceptors (Lipinski definition) is 3. The number of rotatable bonds is 2. The number of benzene rings is 1. The quantitative estimate of drug-likeness (QED) is 0.925. The summed E-state index contributed by atoms with van der Waals surface area (Å²) in [6.45, 7) is 0.658. The molecule has 1 aromatic carbocycles. The molecule has 0 spiro atoms. The zero-order valence-electron chi connectivity index (χ0n) is 10.5. The molecule has 0 aliphatic carbocycles. The number of anilines is 1. The molecule has 1 N–H and O–H groups in total. The molecule has 1 saturated heterocycles. The van der Waals surface area contributed by atoms with Crippen molar-refractivity contribution in [2.24, 2.45) is 0 Å². The predicted octanol–water partition coefficient (Wildman–Crippen LogP) is 3.08. The number of carbonyl (C=O) groups is 1. The van der Waals surface area contributed by atoms with Crippen LogP contribution in [0.2, 0.25) is 5.02 Å². The smallest absolute Gasteiger partial charge is 0.326 e. The molecule has 0 saturated carbocycles. The van der Waals surface area contributed by atoms with E-state index in [1.807, 2.05) is 4.90 Å². The Balaban J connectivity index is 2.16. The van der Waals surface area contributed by atoms with Gasteiger partial charge < -0.3 is 10.0 Å². The van der Waals surface area contributed by atoms with Crippen molar-refractivity contribution in [2.75, 3.05) is 11.4 Å². The summed E-state index contributed by atoms with van der Waals surface area (Å²) in [6, 6.07) is 3.97. The van der Waals surface area contributed by atoms with E-state index in [-0.39, 0.29) is 5.02 Å². The lowest BCUT2D eigenvalue weighted by Crippen LogP contribution is -2.36. The van der Waals surface area contributed by atoms with E-state index in [0.717, 1.165) is 12.1 Å². The van der Waals surface area contributed by atoms with Crippen molar-refractivity contribution in [3.63, 3.8) is 0 Å². The number of aromatic nitrogens is 1. The monoisotopic (exact) mass is 294 g/mol. The van der Waals surface area contributed by atoms with Crippen LogP contribution in [-0.4, -0.2) is 28.6 Å². The molecule has 0 amide bonds. The van der Waals surface area contributed by atoms with E-state index in [0.29, 0.717) is 23.9 Å². The van der Waals surface area contributed by atoms with E-state index in [1.54, 1.807) is 12.3 Å². The third-order valence-electron chi connectivity index (χ3n) is 3.61. The Kier molecular flexibility index (Phi) is 3.22. The third-order valence-corrected chi connectivity index (χ3v) is 3.90. The van der Waals surface area contributed by atoms with Crippen molar-refractivity contribution in [3.8, 4) is 0 Å². The molecule has 20 heavy (non-hydrogen) atoms. The molecule has 1 atom stereocenters. The number of carboxylic acid groups (broad SMARTS) is 1. The maximum absolute atomic E-state index is 13.5. The van der Waals surface area contributed by atoms with Crippen molar-refractivity contribution in [1.29, 1.82) is 0 Å². The molecule has 3 rings (SSSR count). The highest BCUT2D eigenvalue weighted by molar-refractivity contribution is 6.31. The summed E-state index contributed by atoms with van der Waals surface area (Å²) < 4.78 is 13.5. The second kappa shape index (κ2) is 4.90. The number of aliphatic carboxylic acids is 1. The maximum atomic E-state index is 13.5. The molecule has 0 bridgehead atoms. The number of fused-ring (bicyclic) bond motifs is 1. The third kappa shape index (κ3) is 2.08. The summed E-state index contributed by atoms with van der Waals surface area (Å²) in [5, 5.41) is 9.96. The SMILES string of the molecule is O=C(O)C1CCCN1c1ccnc2cc(F)c(Cl)cc12. The summed E-state index contributed by atoms with van der Waals surface area (Å²) in [4.78, 5) is 17.2. The fourth-order valence-electron chi connectivity index (χ4n) is 2.69. The topological polar surface area (TPSA) is 53.4 Å². The van der Waals surface area contributed by atoms with Crippen LogP contribution in [0.25, 0.3) is 10.9 Å². The molecule has 1 aliphatic heterocycles. The van der Waals surface area contributed by atoms with Crippen LogP contribution in [0.4, 0.5) is 10.1 Å². The molecular formula is C14H12ClFN2O2. The Morgan fingerprint density at radius 2 is 2.30 bits per heavy atom. The van der Waals surface area contributed by atoms with Crippen LogP contribution >= 0.6 is 11.6 Å². The molecule has 104 valence electrons. The van der Waals surface area contributed by atoms with Crippen LogP contribution in [0, 0.1) is 5.82 Å². The van der Waals surface area contributed by atoms with Gasteiger partial charge in [0.15, 0.2) is 0 Å². The average Bonchev–Trinajstić information content (AvgIpc) is 2.88. The van der Waals surface area contributed by atoms with Gasteiger partial charge in [0.1, 0.15) is 11.9 Å². The highest BCUT2D eigenvalue weighted by atomic mass is 35.5. The Bertz CT molecular complexity index is 692. The lowest BCUT2D eigenvalue weighted by atomic mass is 10.1. The number of hydrogen-bond donors (Lipinski definition) is 1. The van der Waals surface area contributed by atoms with Gasteiger partial charge in [-0.15, -0.1) is 0 Å². The van der Waals surface area contributed by atoms with Crippen molar-refractivity contribution in [2.45, 2.75) is 18.9 Å². The lowest BCUT2D eigenvalue weighted by molar-refractivity contribution is -0.138. The Labute approximate surface area is 119 Å². The van der Waals surface area contributed by atoms with Gasteiger partial charge >= 0.3 is 5.97 Å². The first-order chi connectivity index (χ1) is 9.58. The highest BCUT2D eigenvalue weighted by Gasteiger charge is 2.31. The minimum Gasteiger partial charge on any atom is -0.480 e. The molecule has 1 fully saturated rings. The zero-order valence-corrected chi connectivity index (χ0v) is 11.3. The van der Waals surface area contributed by atoms with E-state index >= 15 is 0 Å². The van der Waals surface area contributed by atoms with Gasteiger partial charge in [-0.2, -0.15) is 0 Å². The van der Waals surface area contributed by atoms with Crippen LogP contribution < -0.4 is 4.90 Å². The standard InChI is InChI=1S/C14H12ClFN2O2/c15-9-6-8-11(7-10(9)16)17-4-3-12(8)18-5-1-2-13(18)14(19)20/h3-4,6-7,13H,1-2,5H2,(H,19,20). The van der Waals surface area contributed by atoms with Crippen LogP contribution in [0.3, 0.4) is 0 Å². The molecular weight excluding hydrogens is 283 g/mol. The van der Waals surface area contributed by atoms with E-state index in [1.165, 1.54) is 12.1 Å². The highest BCUT2D eigenvalue weighted by Crippen LogP contribution is 2.33. The molecule has 1 unspecified atom stereocenters. The zero-order chi connectivity index (χ0) is 14.3. The number of nitrogens with zero attached hydrogens (tertiary/aromatic N) is 2. The van der Waals surface area contributed by atoms with Crippen molar-refractivity contribution < 1.29 is 14.3 Å². The Hall–Kier alpha value is -1.88. The molecule has 4 nitrogen and oxygen atoms in total.